The lowest BCUT2D eigenvalue weighted by Gasteiger charge is -2.19. The zero-order chi connectivity index (χ0) is 27.4. The lowest BCUT2D eigenvalue weighted by molar-refractivity contribution is -0.125. The Labute approximate surface area is 226 Å². The molecule has 0 aliphatic carbocycles. The quantitative estimate of drug-likeness (QED) is 0.0681. The third-order valence-electron chi connectivity index (χ3n) is 6.58. The maximum atomic E-state index is 12.8. The van der Waals surface area contributed by atoms with E-state index in [0.717, 1.165) is 110 Å². The van der Waals surface area contributed by atoms with Crippen molar-refractivity contribution in [3.05, 3.63) is 0 Å². The molecule has 37 heavy (non-hydrogen) atoms. The monoisotopic (exact) mass is 528 g/mol. The second kappa shape index (κ2) is 27.7. The second-order valence-electron chi connectivity index (χ2n) is 9.95. The number of carbonyl (C=O) groups excluding carboxylic acids is 2. The average molecular weight is 529 g/mol. The summed E-state index contributed by atoms with van der Waals surface area (Å²) in [7, 11) is 0. The van der Waals surface area contributed by atoms with E-state index in [1.807, 2.05) is 0 Å². The van der Waals surface area contributed by atoms with E-state index < -0.39 is 0 Å². The van der Waals surface area contributed by atoms with Gasteiger partial charge in [0.1, 0.15) is 0 Å². The van der Waals surface area contributed by atoms with E-state index in [1.54, 1.807) is 0 Å². The number of rotatable bonds is 28. The standard InChI is InChI=1S/C27H60N8O2/c28-15-6-3-1-2-4-14-25(33-21-10-18-31)27(37)35-23-11-22-34-26(36)24(12-5-7-16-29)13-8-19-32-20-9-17-30/h24-25,32-33H,1-23,28-31H2,(H,34,36)(H,35,37). The van der Waals surface area contributed by atoms with Gasteiger partial charge in [-0.05, 0) is 104 Å². The molecule has 0 aromatic rings. The molecule has 10 nitrogen and oxygen atoms in total. The van der Waals surface area contributed by atoms with Crippen LogP contribution in [-0.2, 0) is 9.59 Å². The summed E-state index contributed by atoms with van der Waals surface area (Å²) in [5, 5.41) is 12.9. The zero-order valence-corrected chi connectivity index (χ0v) is 23.5. The maximum absolute atomic E-state index is 12.8. The van der Waals surface area contributed by atoms with E-state index in [-0.39, 0.29) is 23.8 Å². The zero-order valence-electron chi connectivity index (χ0n) is 23.5. The normalized spacial score (nSPS) is 12.9. The molecular formula is C27H60N8O2. The van der Waals surface area contributed by atoms with Gasteiger partial charge in [0, 0.05) is 19.0 Å². The highest BCUT2D eigenvalue weighted by Gasteiger charge is 2.18. The molecule has 12 N–H and O–H groups in total. The Morgan fingerprint density at radius 3 is 1.70 bits per heavy atom. The van der Waals surface area contributed by atoms with Gasteiger partial charge in [-0.2, -0.15) is 0 Å². The van der Waals surface area contributed by atoms with Gasteiger partial charge < -0.3 is 44.2 Å². The summed E-state index contributed by atoms with van der Waals surface area (Å²) < 4.78 is 0. The van der Waals surface area contributed by atoms with Crippen molar-refractivity contribution in [3.63, 3.8) is 0 Å². The predicted molar refractivity (Wildman–Crippen MR) is 155 cm³/mol. The fourth-order valence-electron chi connectivity index (χ4n) is 4.27. The van der Waals surface area contributed by atoms with Crippen LogP contribution >= 0.6 is 0 Å². The maximum Gasteiger partial charge on any atom is 0.237 e. The molecule has 0 aromatic heterocycles. The summed E-state index contributed by atoms with van der Waals surface area (Å²) in [5.41, 5.74) is 22.3. The SMILES string of the molecule is NCCCCCCCC(NCCCN)C(=O)NCCCNC(=O)C(CCCCN)CCCNCCCN. The van der Waals surface area contributed by atoms with Crippen molar-refractivity contribution >= 4 is 11.8 Å². The van der Waals surface area contributed by atoms with Crippen molar-refractivity contribution in [2.45, 2.75) is 95.9 Å². The highest BCUT2D eigenvalue weighted by Crippen LogP contribution is 2.15. The van der Waals surface area contributed by atoms with Crippen molar-refractivity contribution in [2.75, 3.05) is 58.9 Å². The second-order valence-corrected chi connectivity index (χ2v) is 9.95. The average Bonchev–Trinajstić information content (AvgIpc) is 2.90. The Balaban J connectivity index is 4.32. The molecule has 0 saturated carbocycles. The summed E-state index contributed by atoms with van der Waals surface area (Å²) >= 11 is 0. The Hall–Kier alpha value is -1.30. The van der Waals surface area contributed by atoms with Crippen LogP contribution in [0.15, 0.2) is 0 Å². The minimum absolute atomic E-state index is 0.0124. The van der Waals surface area contributed by atoms with Crippen LogP contribution < -0.4 is 44.2 Å². The number of unbranched alkanes of at least 4 members (excludes halogenated alkanes) is 5. The molecule has 0 aliphatic rings. The van der Waals surface area contributed by atoms with Gasteiger partial charge >= 0.3 is 0 Å². The fraction of sp³-hybridized carbons (Fsp3) is 0.926. The molecule has 2 atom stereocenters. The van der Waals surface area contributed by atoms with Gasteiger partial charge in [-0.25, -0.2) is 0 Å². The molecule has 0 heterocycles. The lowest BCUT2D eigenvalue weighted by atomic mass is 9.95. The Kier molecular flexibility index (Phi) is 26.8. The minimum atomic E-state index is -0.193. The van der Waals surface area contributed by atoms with Gasteiger partial charge in [0.05, 0.1) is 6.04 Å². The first-order valence-corrected chi connectivity index (χ1v) is 14.9. The molecule has 0 aromatic carbocycles. The highest BCUT2D eigenvalue weighted by molar-refractivity contribution is 5.81. The van der Waals surface area contributed by atoms with E-state index in [1.165, 1.54) is 0 Å². The van der Waals surface area contributed by atoms with Gasteiger partial charge in [0.15, 0.2) is 0 Å². The van der Waals surface area contributed by atoms with E-state index >= 15 is 0 Å². The molecule has 0 aliphatic heterocycles. The lowest BCUT2D eigenvalue weighted by Crippen LogP contribution is -2.45. The first-order valence-electron chi connectivity index (χ1n) is 14.9. The number of hydrogen-bond acceptors (Lipinski definition) is 8. The van der Waals surface area contributed by atoms with Crippen LogP contribution in [0.25, 0.3) is 0 Å². The van der Waals surface area contributed by atoms with E-state index in [4.69, 9.17) is 22.9 Å². The highest BCUT2D eigenvalue weighted by atomic mass is 16.2. The van der Waals surface area contributed by atoms with Gasteiger partial charge in [0.25, 0.3) is 0 Å². The number of amides is 2. The van der Waals surface area contributed by atoms with E-state index in [2.05, 4.69) is 21.3 Å². The molecule has 2 amide bonds. The summed E-state index contributed by atoms with van der Waals surface area (Å²) in [6.45, 7) is 6.38. The number of hydrogen-bond donors (Lipinski definition) is 8. The number of nitrogens with one attached hydrogen (secondary N) is 4. The summed E-state index contributed by atoms with van der Waals surface area (Å²) in [6.07, 6.45) is 13.5. The van der Waals surface area contributed by atoms with Crippen LogP contribution in [0.1, 0.15) is 89.9 Å². The van der Waals surface area contributed by atoms with E-state index in [0.29, 0.717) is 39.1 Å². The van der Waals surface area contributed by atoms with Gasteiger partial charge in [-0.3, -0.25) is 9.59 Å². The molecule has 0 bridgehead atoms. The molecule has 0 fully saturated rings. The summed E-state index contributed by atoms with van der Waals surface area (Å²) in [5.74, 6) is 0.159. The van der Waals surface area contributed by atoms with Crippen molar-refractivity contribution in [2.24, 2.45) is 28.9 Å². The summed E-state index contributed by atoms with van der Waals surface area (Å²) in [6, 6.07) is -0.193. The largest absolute Gasteiger partial charge is 0.356 e. The molecule has 0 radical (unpaired) electrons. The molecule has 0 saturated heterocycles. The van der Waals surface area contributed by atoms with Crippen molar-refractivity contribution in [3.8, 4) is 0 Å². The van der Waals surface area contributed by atoms with Crippen molar-refractivity contribution in [1.82, 2.24) is 21.3 Å². The molecule has 0 rings (SSSR count). The van der Waals surface area contributed by atoms with E-state index in [9.17, 15) is 9.59 Å². The number of nitrogens with two attached hydrogens (primary N) is 4. The third-order valence-corrected chi connectivity index (χ3v) is 6.58. The van der Waals surface area contributed by atoms with Crippen molar-refractivity contribution < 1.29 is 9.59 Å². The first kappa shape index (κ1) is 35.7. The molecule has 10 heteroatoms. The van der Waals surface area contributed by atoms with Crippen LogP contribution in [-0.4, -0.2) is 76.8 Å². The number of carbonyl (C=O) groups is 2. The van der Waals surface area contributed by atoms with Crippen molar-refractivity contribution in [1.29, 1.82) is 0 Å². The van der Waals surface area contributed by atoms with Crippen LogP contribution in [0.4, 0.5) is 0 Å². The van der Waals surface area contributed by atoms with Crippen LogP contribution in [0.5, 0.6) is 0 Å². The Bertz CT molecular complexity index is 481. The molecule has 0 spiro atoms. The Morgan fingerprint density at radius 2 is 1.00 bits per heavy atom. The Morgan fingerprint density at radius 1 is 0.486 bits per heavy atom. The molecular weight excluding hydrogens is 468 g/mol. The third kappa shape index (κ3) is 22.4. The molecule has 2 unspecified atom stereocenters. The smallest absolute Gasteiger partial charge is 0.237 e. The molecule has 220 valence electrons. The first-order chi connectivity index (χ1) is 18.1. The van der Waals surface area contributed by atoms with Crippen LogP contribution in [0.2, 0.25) is 0 Å². The fourth-order valence-corrected chi connectivity index (χ4v) is 4.27. The minimum Gasteiger partial charge on any atom is -0.356 e. The van der Waals surface area contributed by atoms with Gasteiger partial charge in [-0.15, -0.1) is 0 Å². The predicted octanol–water partition coefficient (Wildman–Crippen LogP) is 0.679. The summed E-state index contributed by atoms with van der Waals surface area (Å²) in [4.78, 5) is 25.5. The van der Waals surface area contributed by atoms with Crippen LogP contribution in [0, 0.1) is 5.92 Å². The topological polar surface area (TPSA) is 186 Å². The van der Waals surface area contributed by atoms with Gasteiger partial charge in [-0.1, -0.05) is 32.1 Å². The van der Waals surface area contributed by atoms with Gasteiger partial charge in [0.2, 0.25) is 11.8 Å². The van der Waals surface area contributed by atoms with Crippen LogP contribution in [0.3, 0.4) is 0 Å².